The minimum Gasteiger partial charge on any atom is -0.507 e. The fourth-order valence-corrected chi connectivity index (χ4v) is 8.11. The number of ether oxygens (including phenoxy) is 6. The van der Waals surface area contributed by atoms with E-state index in [-0.39, 0.29) is 43.5 Å². The van der Waals surface area contributed by atoms with Gasteiger partial charge in [0.2, 0.25) is 0 Å². The van der Waals surface area contributed by atoms with E-state index < -0.39 is 45.9 Å². The Morgan fingerprint density at radius 1 is 0.695 bits per heavy atom. The molecule has 2 saturated heterocycles. The number of aromatic hydroxyl groups is 1. The molecule has 330 valence electrons. The average Bonchev–Trinajstić information content (AvgIpc) is 3.55. The van der Waals surface area contributed by atoms with Gasteiger partial charge in [-0.05, 0) is 102 Å². The third kappa shape index (κ3) is 16.9. The van der Waals surface area contributed by atoms with Gasteiger partial charge in [0.1, 0.15) is 23.5 Å². The maximum absolute atomic E-state index is 12.8. The second-order valence-corrected chi connectivity index (χ2v) is 29.9. The number of esters is 2. The summed E-state index contributed by atoms with van der Waals surface area (Å²) in [6, 6.07) is 9.18. The molecule has 13 heteroatoms. The number of aliphatic hydroxyl groups excluding tert-OH is 1. The maximum atomic E-state index is 12.8. The minimum atomic E-state index is -1.33. The zero-order valence-corrected chi connectivity index (χ0v) is 39.0. The maximum Gasteiger partial charge on any atom is 0.342 e. The van der Waals surface area contributed by atoms with Gasteiger partial charge in [-0.25, -0.2) is 9.59 Å². The van der Waals surface area contributed by atoms with Gasteiger partial charge in [0.05, 0.1) is 37.6 Å². The third-order valence-electron chi connectivity index (χ3n) is 9.53. The molecule has 2 unspecified atom stereocenters. The fourth-order valence-electron chi connectivity index (χ4n) is 6.69. The summed E-state index contributed by atoms with van der Waals surface area (Å²) >= 11 is 0. The van der Waals surface area contributed by atoms with E-state index in [4.69, 9.17) is 28.4 Å². The van der Waals surface area contributed by atoms with Crippen LogP contribution in [-0.4, -0.2) is 100 Å². The predicted molar refractivity (Wildman–Crippen MR) is 240 cm³/mol. The molecule has 2 aromatic carbocycles. The summed E-state index contributed by atoms with van der Waals surface area (Å²) in [6.07, 6.45) is 7.66. The van der Waals surface area contributed by atoms with Gasteiger partial charge >= 0.3 is 11.9 Å². The zero-order chi connectivity index (χ0) is 43.6. The summed E-state index contributed by atoms with van der Waals surface area (Å²) < 4.78 is 33.9. The number of aldehydes is 1. The monoisotopic (exact) mass is 856 g/mol. The average molecular weight is 857 g/mol. The molecule has 11 nitrogen and oxygen atoms in total. The molecule has 0 aromatic heterocycles. The Hall–Kier alpha value is -3.44. The minimum absolute atomic E-state index is 0. The van der Waals surface area contributed by atoms with E-state index in [2.05, 4.69) is 39.3 Å². The lowest BCUT2D eigenvalue weighted by Gasteiger charge is -2.17. The molecule has 2 fully saturated rings. The molecule has 2 N–H and O–H groups in total. The number of carbonyl (C=O) groups is 3. The van der Waals surface area contributed by atoms with Crippen molar-refractivity contribution < 1.29 is 53.0 Å². The number of hydrogen-bond acceptors (Lipinski definition) is 11. The number of hydrogen-bond donors (Lipinski definition) is 2. The van der Waals surface area contributed by atoms with Crippen LogP contribution >= 0.6 is 0 Å². The van der Waals surface area contributed by atoms with Crippen molar-refractivity contribution >= 4 is 46.5 Å². The molecule has 0 amide bonds. The van der Waals surface area contributed by atoms with Crippen LogP contribution < -0.4 is 0 Å². The van der Waals surface area contributed by atoms with Crippen molar-refractivity contribution in [2.45, 2.75) is 156 Å². The van der Waals surface area contributed by atoms with Crippen molar-refractivity contribution in [3.63, 3.8) is 0 Å². The van der Waals surface area contributed by atoms with Crippen LogP contribution in [0.5, 0.6) is 5.75 Å². The molecule has 2 aromatic rings. The van der Waals surface area contributed by atoms with E-state index in [0.29, 0.717) is 37.2 Å². The number of phenolic OH excluding ortho intramolecular Hbond substituents is 1. The molecule has 2 aliphatic heterocycles. The summed E-state index contributed by atoms with van der Waals surface area (Å²) in [7, 11) is -2.58. The number of phenols is 1. The van der Waals surface area contributed by atoms with Crippen molar-refractivity contribution in [3.8, 4) is 5.75 Å². The smallest absolute Gasteiger partial charge is 0.342 e. The normalized spacial score (nSPS) is 21.2. The molecule has 4 rings (SSSR count). The Bertz CT molecular complexity index is 1790. The van der Waals surface area contributed by atoms with E-state index in [1.54, 1.807) is 26.0 Å². The van der Waals surface area contributed by atoms with Crippen LogP contribution in [0.3, 0.4) is 0 Å². The van der Waals surface area contributed by atoms with E-state index in [9.17, 15) is 24.6 Å². The molecule has 2 aliphatic rings. The van der Waals surface area contributed by atoms with Gasteiger partial charge in [0.25, 0.3) is 0 Å². The lowest BCUT2D eigenvalue weighted by molar-refractivity contribution is -0.149. The van der Waals surface area contributed by atoms with Crippen molar-refractivity contribution in [3.05, 3.63) is 75.4 Å². The number of aliphatic hydroxyl groups is 1. The molecule has 0 aliphatic carbocycles. The van der Waals surface area contributed by atoms with Crippen LogP contribution in [0.15, 0.2) is 36.4 Å². The fraction of sp³-hybridized carbons (Fsp3) is 0.587. The zero-order valence-electron chi connectivity index (χ0n) is 37.0. The Morgan fingerprint density at radius 3 is 1.64 bits per heavy atom. The van der Waals surface area contributed by atoms with Crippen molar-refractivity contribution in [2.24, 2.45) is 0 Å². The molecular formula is C46H72O11Si2. The Kier molecular flexibility index (Phi) is 19.2. The van der Waals surface area contributed by atoms with E-state index in [0.717, 1.165) is 40.6 Å². The number of benzene rings is 2. The second-order valence-electron chi connectivity index (χ2n) is 18.6. The summed E-state index contributed by atoms with van der Waals surface area (Å²) in [5, 5.41) is 19.9. The highest BCUT2D eigenvalue weighted by Crippen LogP contribution is 2.32. The van der Waals surface area contributed by atoms with Gasteiger partial charge in [-0.15, -0.1) is 0 Å². The lowest BCUT2D eigenvalue weighted by atomic mass is 9.98. The Morgan fingerprint density at radius 2 is 1.14 bits per heavy atom. The SMILES string of the molecule is C.Cc1cc(C)c(C(=O)OCC[Si](C)(C)C)c(/C=C/C[C@@H]2OC(C)(C)OC2CO)c1.Cc1cc(O)c(C(=O)OCC[Si](C)(C)C)c(/C=C/C[C@@H]2OC(C)(C)OC2C=O)c1. The van der Waals surface area contributed by atoms with Gasteiger partial charge in [0, 0.05) is 16.1 Å². The van der Waals surface area contributed by atoms with Crippen LogP contribution in [-0.2, 0) is 33.2 Å². The van der Waals surface area contributed by atoms with Gasteiger partial charge in [-0.1, -0.05) is 94.8 Å². The first-order valence-corrected chi connectivity index (χ1v) is 27.6. The highest BCUT2D eigenvalue weighted by atomic mass is 28.3. The number of aryl methyl sites for hydroxylation is 3. The number of carbonyl (C=O) groups excluding carboxylic acids is 3. The van der Waals surface area contributed by atoms with Crippen LogP contribution in [0.1, 0.15) is 96.5 Å². The molecule has 2 heterocycles. The summed E-state index contributed by atoms with van der Waals surface area (Å²) in [5.41, 5.74) is 5.02. The van der Waals surface area contributed by atoms with Crippen molar-refractivity contribution in [1.82, 2.24) is 0 Å². The molecule has 0 saturated carbocycles. The van der Waals surface area contributed by atoms with Crippen molar-refractivity contribution in [2.75, 3.05) is 19.8 Å². The van der Waals surface area contributed by atoms with Crippen LogP contribution in [0.2, 0.25) is 51.4 Å². The van der Waals surface area contributed by atoms with Gasteiger partial charge in [-0.2, -0.15) is 0 Å². The van der Waals surface area contributed by atoms with Gasteiger partial charge in [0.15, 0.2) is 17.9 Å². The molecule has 4 atom stereocenters. The molecule has 0 radical (unpaired) electrons. The van der Waals surface area contributed by atoms with Crippen LogP contribution in [0, 0.1) is 20.8 Å². The molecule has 0 spiro atoms. The van der Waals surface area contributed by atoms with Crippen LogP contribution in [0.25, 0.3) is 12.2 Å². The Labute approximate surface area is 355 Å². The number of rotatable bonds is 16. The van der Waals surface area contributed by atoms with E-state index in [1.807, 2.05) is 71.0 Å². The standard InChI is InChI=1S/C23H36O5Si.C22H32O6Si.CH4/c1-16-13-17(2)21(22(25)26-11-12-29(5,6)7)18(14-16)9-8-10-19-20(15-24)28-23(3,4)27-19;1-15-12-16(8-7-9-18-19(14-23)28-22(2,3)27-18)20(17(24)13-15)21(25)26-10-11-29(4,5)6;/h8-9,13-14,19-20,24H,10-12,15H2,1-7H3;7-8,12-14,18-19,24H,9-11H2,1-6H3;1H4/b9-8+;8-7+;/t19-,20?;18-,19?;/m00./s1. The predicted octanol–water partition coefficient (Wildman–Crippen LogP) is 9.67. The van der Waals surface area contributed by atoms with Gasteiger partial charge in [-0.3, -0.25) is 0 Å². The highest BCUT2D eigenvalue weighted by Gasteiger charge is 2.41. The second kappa shape index (κ2) is 21.9. The quantitative estimate of drug-likeness (QED) is 0.0945. The highest BCUT2D eigenvalue weighted by molar-refractivity contribution is 6.76. The first-order valence-electron chi connectivity index (χ1n) is 20.2. The largest absolute Gasteiger partial charge is 0.507 e. The van der Waals surface area contributed by atoms with Crippen LogP contribution in [0.4, 0.5) is 0 Å². The molecule has 0 bridgehead atoms. The summed E-state index contributed by atoms with van der Waals surface area (Å²) in [6.45, 7) is 27.2. The topological polar surface area (TPSA) is 147 Å². The Balaban J connectivity index is 0.000000400. The van der Waals surface area contributed by atoms with E-state index >= 15 is 0 Å². The summed E-state index contributed by atoms with van der Waals surface area (Å²) in [5.74, 6) is -2.41. The molecule has 59 heavy (non-hydrogen) atoms. The first-order chi connectivity index (χ1) is 26.8. The first kappa shape index (κ1) is 51.7. The lowest BCUT2D eigenvalue weighted by Crippen LogP contribution is -2.25. The summed E-state index contributed by atoms with van der Waals surface area (Å²) in [4.78, 5) is 36.6. The van der Waals surface area contributed by atoms with E-state index in [1.165, 1.54) is 0 Å². The van der Waals surface area contributed by atoms with Crippen molar-refractivity contribution in [1.29, 1.82) is 0 Å². The third-order valence-corrected chi connectivity index (χ3v) is 12.9. The molecular weight excluding hydrogens is 785 g/mol. The van der Waals surface area contributed by atoms with Gasteiger partial charge < -0.3 is 43.4 Å².